The molecule has 0 amide bonds. The van der Waals surface area contributed by atoms with Gasteiger partial charge in [0.05, 0.1) is 23.5 Å². The summed E-state index contributed by atoms with van der Waals surface area (Å²) in [7, 11) is 1.43. The zero-order valence-electron chi connectivity index (χ0n) is 19.9. The molecule has 5 atom stereocenters. The van der Waals surface area contributed by atoms with Crippen molar-refractivity contribution in [3.8, 4) is 11.3 Å². The highest BCUT2D eigenvalue weighted by Gasteiger charge is 2.47. The van der Waals surface area contributed by atoms with E-state index in [4.69, 9.17) is 21.1 Å². The van der Waals surface area contributed by atoms with E-state index in [1.54, 1.807) is 12.3 Å². The van der Waals surface area contributed by atoms with Crippen LogP contribution in [0.1, 0.15) is 11.7 Å². The van der Waals surface area contributed by atoms with Crippen LogP contribution in [0.15, 0.2) is 41.6 Å². The SMILES string of the molecule is COC1C(Sc2cc(Cl)cnc2C2=CCNC2)OC(CO)C(O)C1n1cc(-c2cc(F)c(F)c(F)c2)nn1. The first-order valence-corrected chi connectivity index (χ1v) is 12.8. The first-order valence-electron chi connectivity index (χ1n) is 11.6. The van der Waals surface area contributed by atoms with Gasteiger partial charge in [0, 0.05) is 36.9 Å². The van der Waals surface area contributed by atoms with Crippen LogP contribution in [0.25, 0.3) is 16.8 Å². The highest BCUT2D eigenvalue weighted by molar-refractivity contribution is 7.99. The Balaban J connectivity index is 1.49. The molecule has 0 radical (unpaired) electrons. The number of aliphatic hydroxyl groups is 2. The summed E-state index contributed by atoms with van der Waals surface area (Å²) in [6.07, 6.45) is 1.82. The molecule has 4 heterocycles. The van der Waals surface area contributed by atoms with Crippen molar-refractivity contribution in [3.63, 3.8) is 0 Å². The minimum atomic E-state index is -1.59. The van der Waals surface area contributed by atoms with Crippen LogP contribution in [0.2, 0.25) is 5.02 Å². The second-order valence-corrected chi connectivity index (χ2v) is 10.3. The van der Waals surface area contributed by atoms with Gasteiger partial charge in [-0.05, 0) is 23.8 Å². The summed E-state index contributed by atoms with van der Waals surface area (Å²) < 4.78 is 54.1. The van der Waals surface area contributed by atoms with Crippen LogP contribution in [-0.4, -0.2) is 80.7 Å². The minimum absolute atomic E-state index is 0.0408. The number of hydrogen-bond donors (Lipinski definition) is 3. The van der Waals surface area contributed by atoms with Gasteiger partial charge in [0.25, 0.3) is 0 Å². The summed E-state index contributed by atoms with van der Waals surface area (Å²) in [6.45, 7) is 0.840. The number of hydrogen-bond acceptors (Lipinski definition) is 9. The molecule has 2 aliphatic heterocycles. The van der Waals surface area contributed by atoms with E-state index in [1.807, 2.05) is 6.08 Å². The molecule has 2 aliphatic rings. The summed E-state index contributed by atoms with van der Waals surface area (Å²) in [4.78, 5) is 5.20. The summed E-state index contributed by atoms with van der Waals surface area (Å²) in [5.74, 6) is -4.33. The number of pyridine rings is 1. The number of nitrogens with zero attached hydrogens (tertiary/aromatic N) is 4. The first-order chi connectivity index (χ1) is 18.3. The molecule has 5 rings (SSSR count). The van der Waals surface area contributed by atoms with Crippen molar-refractivity contribution in [1.29, 1.82) is 0 Å². The average molecular weight is 570 g/mol. The predicted molar refractivity (Wildman–Crippen MR) is 133 cm³/mol. The monoisotopic (exact) mass is 569 g/mol. The third kappa shape index (κ3) is 5.19. The zero-order chi connectivity index (χ0) is 27.0. The summed E-state index contributed by atoms with van der Waals surface area (Å²) in [5.41, 5.74) is 0.954. The van der Waals surface area contributed by atoms with E-state index in [9.17, 15) is 23.4 Å². The molecule has 3 aromatic rings. The number of rotatable bonds is 7. The lowest BCUT2D eigenvalue weighted by Crippen LogP contribution is -2.55. The normalized spacial score (nSPS) is 25.6. The maximum atomic E-state index is 13.8. The Hall–Kier alpha value is -2.52. The van der Waals surface area contributed by atoms with Crippen molar-refractivity contribution in [2.45, 2.75) is 34.7 Å². The molecule has 0 bridgehead atoms. The van der Waals surface area contributed by atoms with Gasteiger partial charge in [-0.1, -0.05) is 34.7 Å². The van der Waals surface area contributed by atoms with E-state index in [0.29, 0.717) is 23.0 Å². The Bertz CT molecular complexity index is 1340. The van der Waals surface area contributed by atoms with Crippen LogP contribution in [0.5, 0.6) is 0 Å². The Morgan fingerprint density at radius 2 is 2.03 bits per heavy atom. The number of methoxy groups -OCH3 is 1. The van der Waals surface area contributed by atoms with Crippen molar-refractivity contribution < 1.29 is 32.9 Å². The lowest BCUT2D eigenvalue weighted by atomic mass is 9.97. The predicted octanol–water partition coefficient (Wildman–Crippen LogP) is 2.82. The number of halogens is 4. The van der Waals surface area contributed by atoms with Gasteiger partial charge in [-0.2, -0.15) is 0 Å². The molecule has 2 aromatic heterocycles. The molecule has 9 nitrogen and oxygen atoms in total. The second-order valence-electron chi connectivity index (χ2n) is 8.72. The lowest BCUT2D eigenvalue weighted by Gasteiger charge is -2.43. The van der Waals surface area contributed by atoms with Gasteiger partial charge < -0.3 is 25.0 Å². The molecule has 1 aromatic carbocycles. The Labute approximate surface area is 224 Å². The maximum absolute atomic E-state index is 13.8. The third-order valence-corrected chi connectivity index (χ3v) is 7.75. The summed E-state index contributed by atoms with van der Waals surface area (Å²) in [6, 6.07) is 2.44. The number of benzene rings is 1. The van der Waals surface area contributed by atoms with Crippen LogP contribution in [0, 0.1) is 17.5 Å². The Kier molecular flexibility index (Phi) is 8.05. The second kappa shape index (κ2) is 11.3. The third-order valence-electron chi connectivity index (χ3n) is 6.37. The molecule has 14 heteroatoms. The largest absolute Gasteiger partial charge is 0.394 e. The smallest absolute Gasteiger partial charge is 0.194 e. The number of thioether (sulfide) groups is 1. The van der Waals surface area contributed by atoms with Crippen LogP contribution >= 0.6 is 23.4 Å². The van der Waals surface area contributed by atoms with Gasteiger partial charge in [-0.3, -0.25) is 4.98 Å². The Morgan fingerprint density at radius 3 is 2.68 bits per heavy atom. The number of ether oxygens (including phenoxy) is 2. The van der Waals surface area contributed by atoms with Crippen molar-refractivity contribution in [3.05, 3.63) is 64.8 Å². The summed E-state index contributed by atoms with van der Waals surface area (Å²) >= 11 is 7.51. The Morgan fingerprint density at radius 1 is 1.26 bits per heavy atom. The highest BCUT2D eigenvalue weighted by Crippen LogP contribution is 2.42. The van der Waals surface area contributed by atoms with Gasteiger partial charge in [-0.25, -0.2) is 17.9 Å². The molecule has 5 unspecified atom stereocenters. The van der Waals surface area contributed by atoms with E-state index in [-0.39, 0.29) is 11.3 Å². The van der Waals surface area contributed by atoms with E-state index >= 15 is 0 Å². The van der Waals surface area contributed by atoms with Gasteiger partial charge in [-0.15, -0.1) is 5.10 Å². The summed E-state index contributed by atoms with van der Waals surface area (Å²) in [5, 5.41) is 32.7. The zero-order valence-corrected chi connectivity index (χ0v) is 21.5. The van der Waals surface area contributed by atoms with Crippen molar-refractivity contribution in [1.82, 2.24) is 25.3 Å². The van der Waals surface area contributed by atoms with Gasteiger partial charge >= 0.3 is 0 Å². The molecule has 0 saturated carbocycles. The van der Waals surface area contributed by atoms with Crippen LogP contribution in [0.4, 0.5) is 13.2 Å². The fourth-order valence-corrected chi connectivity index (χ4v) is 6.07. The van der Waals surface area contributed by atoms with Crippen molar-refractivity contribution in [2.24, 2.45) is 0 Å². The van der Waals surface area contributed by atoms with Crippen LogP contribution in [0.3, 0.4) is 0 Å². The molecule has 1 saturated heterocycles. The van der Waals surface area contributed by atoms with Crippen molar-refractivity contribution >= 4 is 28.9 Å². The maximum Gasteiger partial charge on any atom is 0.194 e. The molecule has 38 heavy (non-hydrogen) atoms. The standard InChI is InChI=1S/C24H23ClF3N5O4S/c1-36-23-21(33-9-16(31-32-33)12-4-14(26)19(28)15(27)5-12)22(35)17(10-34)37-24(23)38-18-6-13(25)8-30-20(18)11-2-3-29-7-11/h2,4-6,8-9,17,21-24,29,34-35H,3,7,10H2,1H3. The van der Waals surface area contributed by atoms with Crippen molar-refractivity contribution in [2.75, 3.05) is 26.8 Å². The van der Waals surface area contributed by atoms with Crippen LogP contribution < -0.4 is 5.32 Å². The first kappa shape index (κ1) is 27.1. The lowest BCUT2D eigenvalue weighted by molar-refractivity contribution is -0.186. The topological polar surface area (TPSA) is 115 Å². The molecule has 0 aliphatic carbocycles. The molecular formula is C24H23ClF3N5O4S. The van der Waals surface area contributed by atoms with Gasteiger partial charge in [0.2, 0.25) is 0 Å². The molecule has 202 valence electrons. The average Bonchev–Trinajstić information content (AvgIpc) is 3.60. The van der Waals surface area contributed by atoms with Gasteiger partial charge in [0.15, 0.2) is 17.5 Å². The molecule has 1 fully saturated rings. The van der Waals surface area contributed by atoms with E-state index in [1.165, 1.54) is 29.8 Å². The molecule has 3 N–H and O–H groups in total. The quantitative estimate of drug-likeness (QED) is 0.370. The fourth-order valence-electron chi connectivity index (χ4n) is 4.50. The highest BCUT2D eigenvalue weighted by atomic mass is 35.5. The molecule has 0 spiro atoms. The number of aromatic nitrogens is 4. The van der Waals surface area contributed by atoms with E-state index < -0.39 is 53.8 Å². The molecular weight excluding hydrogens is 547 g/mol. The fraction of sp³-hybridized carbons (Fsp3) is 0.375. The van der Waals surface area contributed by atoms with Crippen LogP contribution in [-0.2, 0) is 9.47 Å². The van der Waals surface area contributed by atoms with E-state index in [2.05, 4.69) is 20.6 Å². The minimum Gasteiger partial charge on any atom is -0.394 e. The van der Waals surface area contributed by atoms with Gasteiger partial charge in [0.1, 0.15) is 35.5 Å². The van der Waals surface area contributed by atoms with E-state index in [0.717, 1.165) is 23.4 Å². The number of aliphatic hydroxyl groups excluding tert-OH is 2. The number of nitrogens with one attached hydrogen (secondary N) is 1.